The first-order valence-corrected chi connectivity index (χ1v) is 7.52. The lowest BCUT2D eigenvalue weighted by atomic mass is 10.2. The minimum atomic E-state index is -4.54. The average Bonchev–Trinajstić information content (AvgIpc) is 2.08. The Morgan fingerprint density at radius 3 is 2.27 bits per heavy atom. The Labute approximate surface area is 112 Å². The van der Waals surface area contributed by atoms with Crippen molar-refractivity contribution in [1.82, 2.24) is 0 Å². The second-order valence-electron chi connectivity index (χ2n) is 2.69. The predicted molar refractivity (Wildman–Crippen MR) is 67.0 cm³/mol. The van der Waals surface area contributed by atoms with Gasteiger partial charge in [0.15, 0.2) is 0 Å². The summed E-state index contributed by atoms with van der Waals surface area (Å²) in [5.41, 5.74) is 0.903. The van der Waals surface area contributed by atoms with Gasteiger partial charge in [0.05, 0.1) is 4.47 Å². The molecule has 0 bridgehead atoms. The van der Waals surface area contributed by atoms with E-state index in [0.717, 1.165) is 5.56 Å². The molecule has 0 aliphatic rings. The average molecular weight is 425 g/mol. The number of hydrogen-bond acceptors (Lipinski definition) is 2. The van der Waals surface area contributed by atoms with E-state index in [-0.39, 0.29) is 5.75 Å². The van der Waals surface area contributed by atoms with E-state index in [1.807, 2.05) is 6.92 Å². The Morgan fingerprint density at radius 2 is 1.80 bits per heavy atom. The van der Waals surface area contributed by atoms with E-state index in [4.69, 9.17) is 9.79 Å². The van der Waals surface area contributed by atoms with Gasteiger partial charge in [-0.15, -0.1) is 0 Å². The molecule has 2 N–H and O–H groups in total. The topological polar surface area (TPSA) is 66.8 Å². The summed E-state index contributed by atoms with van der Waals surface area (Å²) in [6, 6.07) is 1.49. The maximum absolute atomic E-state index is 10.7. The van der Waals surface area contributed by atoms with Crippen LogP contribution in [0.4, 0.5) is 0 Å². The van der Waals surface area contributed by atoms with Crippen LogP contribution >= 0.6 is 55.6 Å². The van der Waals surface area contributed by atoms with Crippen LogP contribution in [0.15, 0.2) is 19.5 Å². The zero-order valence-corrected chi connectivity index (χ0v) is 13.0. The number of halogens is 3. The molecule has 0 aliphatic carbocycles. The quantitative estimate of drug-likeness (QED) is 0.560. The van der Waals surface area contributed by atoms with Crippen molar-refractivity contribution < 1.29 is 18.9 Å². The van der Waals surface area contributed by atoms with Crippen molar-refractivity contribution in [2.45, 2.75) is 6.92 Å². The third kappa shape index (κ3) is 3.54. The first-order chi connectivity index (χ1) is 6.72. The smallest absolute Gasteiger partial charge is 0.403 e. The molecule has 0 heterocycles. The summed E-state index contributed by atoms with van der Waals surface area (Å²) in [6.45, 7) is 1.85. The number of hydrogen-bond donors (Lipinski definition) is 2. The third-order valence-electron chi connectivity index (χ3n) is 1.57. The van der Waals surface area contributed by atoms with E-state index in [9.17, 15) is 4.57 Å². The van der Waals surface area contributed by atoms with E-state index < -0.39 is 7.82 Å². The molecule has 1 aromatic rings. The van der Waals surface area contributed by atoms with Gasteiger partial charge in [-0.25, -0.2) is 4.57 Å². The van der Waals surface area contributed by atoms with Crippen LogP contribution in [0.25, 0.3) is 0 Å². The summed E-state index contributed by atoms with van der Waals surface area (Å²) in [5, 5.41) is 0. The molecule has 0 aliphatic heterocycles. The Balaban J connectivity index is 3.27. The third-order valence-corrected chi connectivity index (χ3v) is 5.14. The first-order valence-electron chi connectivity index (χ1n) is 3.61. The highest BCUT2D eigenvalue weighted by Crippen LogP contribution is 2.45. The minimum absolute atomic E-state index is 0.0766. The highest BCUT2D eigenvalue weighted by atomic mass is 79.9. The van der Waals surface area contributed by atoms with Gasteiger partial charge in [-0.1, -0.05) is 15.9 Å². The standard InChI is InChI=1S/C7H6Br3O4P/c1-3-4(8)2-5(7(10)6(3)9)14-15(11,12)13/h2H,1H3,(H2,11,12,13). The second kappa shape index (κ2) is 4.85. The molecule has 1 rings (SSSR count). The summed E-state index contributed by atoms with van der Waals surface area (Å²) < 4.78 is 17.0. The Morgan fingerprint density at radius 1 is 1.27 bits per heavy atom. The van der Waals surface area contributed by atoms with E-state index in [0.29, 0.717) is 13.4 Å². The zero-order chi connectivity index (χ0) is 11.8. The minimum Gasteiger partial charge on any atom is -0.403 e. The van der Waals surface area contributed by atoms with Crippen LogP contribution in [-0.4, -0.2) is 9.79 Å². The van der Waals surface area contributed by atoms with Crippen molar-refractivity contribution in [3.8, 4) is 5.75 Å². The molecule has 0 spiro atoms. The van der Waals surface area contributed by atoms with E-state index in [1.54, 1.807) is 0 Å². The normalized spacial score (nSPS) is 11.6. The number of benzene rings is 1. The lowest BCUT2D eigenvalue weighted by Gasteiger charge is -2.12. The van der Waals surface area contributed by atoms with Crippen LogP contribution in [0.3, 0.4) is 0 Å². The van der Waals surface area contributed by atoms with Gasteiger partial charge in [0, 0.05) is 8.95 Å². The van der Waals surface area contributed by atoms with Crippen LogP contribution < -0.4 is 4.52 Å². The maximum atomic E-state index is 10.7. The van der Waals surface area contributed by atoms with Gasteiger partial charge in [0.2, 0.25) is 0 Å². The molecule has 0 saturated heterocycles. The molecule has 4 nitrogen and oxygen atoms in total. The summed E-state index contributed by atoms with van der Waals surface area (Å²) in [6.07, 6.45) is 0. The van der Waals surface area contributed by atoms with Crippen LogP contribution in [0.1, 0.15) is 5.56 Å². The maximum Gasteiger partial charge on any atom is 0.524 e. The van der Waals surface area contributed by atoms with Crippen LogP contribution in [0.2, 0.25) is 0 Å². The van der Waals surface area contributed by atoms with Gasteiger partial charge in [0.1, 0.15) is 5.75 Å². The summed E-state index contributed by atoms with van der Waals surface area (Å²) >= 11 is 9.72. The van der Waals surface area contributed by atoms with E-state index in [2.05, 4.69) is 52.3 Å². The van der Waals surface area contributed by atoms with Crippen LogP contribution in [0.5, 0.6) is 5.75 Å². The Kier molecular flexibility index (Phi) is 4.43. The van der Waals surface area contributed by atoms with Gasteiger partial charge in [-0.2, -0.15) is 0 Å². The lowest BCUT2D eigenvalue weighted by molar-refractivity contribution is 0.282. The van der Waals surface area contributed by atoms with Gasteiger partial charge >= 0.3 is 7.82 Å². The molecule has 15 heavy (non-hydrogen) atoms. The molecule has 0 atom stereocenters. The van der Waals surface area contributed by atoms with Crippen LogP contribution in [0, 0.1) is 6.92 Å². The molecule has 0 unspecified atom stereocenters. The highest BCUT2D eigenvalue weighted by molar-refractivity contribution is 9.13. The zero-order valence-electron chi connectivity index (χ0n) is 7.37. The first kappa shape index (κ1) is 13.7. The fraction of sp³-hybridized carbons (Fsp3) is 0.143. The van der Waals surface area contributed by atoms with Gasteiger partial charge < -0.3 is 4.52 Å². The van der Waals surface area contributed by atoms with Crippen molar-refractivity contribution in [3.63, 3.8) is 0 Å². The summed E-state index contributed by atoms with van der Waals surface area (Å²) in [4.78, 5) is 17.4. The number of phosphoric ester groups is 1. The number of rotatable bonds is 2. The molecule has 84 valence electrons. The lowest BCUT2D eigenvalue weighted by Crippen LogP contribution is -1.93. The molecule has 0 amide bonds. The second-order valence-corrected chi connectivity index (χ2v) is 6.30. The van der Waals surface area contributed by atoms with Gasteiger partial charge in [-0.3, -0.25) is 9.79 Å². The largest absolute Gasteiger partial charge is 0.524 e. The van der Waals surface area contributed by atoms with Crippen LogP contribution in [-0.2, 0) is 4.57 Å². The van der Waals surface area contributed by atoms with Crippen molar-refractivity contribution >= 4 is 55.6 Å². The molecule has 1 aromatic carbocycles. The Bertz CT molecular complexity index is 442. The molecular formula is C7H6Br3O4P. The van der Waals surface area contributed by atoms with Gasteiger partial charge in [0.25, 0.3) is 0 Å². The number of phosphoric acid groups is 1. The molecule has 0 aromatic heterocycles. The fourth-order valence-corrected chi connectivity index (χ4v) is 2.96. The summed E-state index contributed by atoms with van der Waals surface area (Å²) in [7, 11) is -4.54. The molecule has 0 saturated carbocycles. The monoisotopic (exact) mass is 422 g/mol. The molecular weight excluding hydrogens is 419 g/mol. The predicted octanol–water partition coefficient (Wildman–Crippen LogP) is 3.75. The molecule has 0 fully saturated rings. The van der Waals surface area contributed by atoms with Gasteiger partial charge in [-0.05, 0) is 50.4 Å². The molecule has 0 radical (unpaired) electrons. The van der Waals surface area contributed by atoms with Crippen molar-refractivity contribution in [2.75, 3.05) is 0 Å². The summed E-state index contributed by atoms with van der Waals surface area (Å²) in [5.74, 6) is 0.0766. The highest BCUT2D eigenvalue weighted by Gasteiger charge is 2.20. The SMILES string of the molecule is Cc1c(Br)cc(OP(=O)(O)O)c(Br)c1Br. The Hall–Kier alpha value is 0.610. The van der Waals surface area contributed by atoms with E-state index >= 15 is 0 Å². The van der Waals surface area contributed by atoms with Crippen molar-refractivity contribution in [3.05, 3.63) is 25.0 Å². The van der Waals surface area contributed by atoms with E-state index in [1.165, 1.54) is 6.07 Å². The molecule has 8 heteroatoms. The fourth-order valence-electron chi connectivity index (χ4n) is 0.859. The van der Waals surface area contributed by atoms with Crippen molar-refractivity contribution in [1.29, 1.82) is 0 Å². The van der Waals surface area contributed by atoms with Crippen molar-refractivity contribution in [2.24, 2.45) is 0 Å².